The smallest absolute Gasteiger partial charge is 0.270 e. The van der Waals surface area contributed by atoms with Gasteiger partial charge in [-0.3, -0.25) is 15.6 Å². The Morgan fingerprint density at radius 1 is 1.17 bits per heavy atom. The van der Waals surface area contributed by atoms with Crippen LogP contribution < -0.4 is 21.9 Å². The topological polar surface area (TPSA) is 105 Å². The first-order valence-electron chi connectivity index (χ1n) is 6.97. The predicted molar refractivity (Wildman–Crippen MR) is 95.1 cm³/mol. The Bertz CT molecular complexity index is 713. The first-order chi connectivity index (χ1) is 10.8. The molecule has 0 spiro atoms. The Labute approximate surface area is 143 Å². The molecule has 2 aromatic rings. The molecule has 1 aromatic heterocycles. The summed E-state index contributed by atoms with van der Waals surface area (Å²) >= 11 is 3.33. The summed E-state index contributed by atoms with van der Waals surface area (Å²) in [5.74, 6) is 0.526. The second-order valence-corrected chi connectivity index (χ2v) is 6.77. The summed E-state index contributed by atoms with van der Waals surface area (Å²) in [4.78, 5) is 20.3. The van der Waals surface area contributed by atoms with Gasteiger partial charge in [0.15, 0.2) is 11.6 Å². The number of rotatable bonds is 4. The lowest BCUT2D eigenvalue weighted by Crippen LogP contribution is -2.31. The Kier molecular flexibility index (Phi) is 5.05. The monoisotopic (exact) mass is 378 g/mol. The van der Waals surface area contributed by atoms with Crippen molar-refractivity contribution in [1.29, 1.82) is 0 Å². The van der Waals surface area contributed by atoms with Gasteiger partial charge < -0.3 is 11.1 Å². The lowest BCUT2D eigenvalue weighted by atomic mass is 10.1. The maximum atomic E-state index is 12.2. The molecule has 1 amide bonds. The third-order valence-electron chi connectivity index (χ3n) is 2.79. The molecule has 23 heavy (non-hydrogen) atoms. The third-order valence-corrected chi connectivity index (χ3v) is 3.48. The molecule has 8 heteroatoms. The van der Waals surface area contributed by atoms with Gasteiger partial charge in [-0.15, -0.1) is 0 Å². The highest BCUT2D eigenvalue weighted by Crippen LogP contribution is 2.24. The molecule has 0 bridgehead atoms. The largest absolute Gasteiger partial charge is 0.393 e. The van der Waals surface area contributed by atoms with E-state index in [-0.39, 0.29) is 11.4 Å². The van der Waals surface area contributed by atoms with Gasteiger partial charge in [0.2, 0.25) is 0 Å². The van der Waals surface area contributed by atoms with Crippen molar-refractivity contribution < 1.29 is 4.79 Å². The van der Waals surface area contributed by atoms with Gasteiger partial charge in [-0.25, -0.2) is 9.97 Å². The summed E-state index contributed by atoms with van der Waals surface area (Å²) in [5, 5.41) is 3.18. The van der Waals surface area contributed by atoms with E-state index in [4.69, 9.17) is 5.73 Å². The van der Waals surface area contributed by atoms with Gasteiger partial charge in [0.05, 0.1) is 5.56 Å². The standard InChI is InChI=1S/C15H19BrN6O/c1-15(2,3)20-12-11(17)13(19-8-18-12)21-22-14(23)9-6-4-5-7-10(9)16/h4-8H,17H2,1-3H3,(H,22,23)(H2,18,19,20,21). The normalized spacial score (nSPS) is 11.0. The Morgan fingerprint density at radius 3 is 2.48 bits per heavy atom. The summed E-state index contributed by atoms with van der Waals surface area (Å²) in [6.07, 6.45) is 1.37. The van der Waals surface area contributed by atoms with Crippen molar-refractivity contribution in [3.8, 4) is 0 Å². The number of anilines is 3. The van der Waals surface area contributed by atoms with Gasteiger partial charge in [-0.2, -0.15) is 0 Å². The van der Waals surface area contributed by atoms with Crippen LogP contribution in [0.2, 0.25) is 0 Å². The highest BCUT2D eigenvalue weighted by molar-refractivity contribution is 9.10. The number of carbonyl (C=O) groups excluding carboxylic acids is 1. The average Bonchev–Trinajstić information content (AvgIpc) is 2.47. The number of hydrogen-bond acceptors (Lipinski definition) is 6. The summed E-state index contributed by atoms with van der Waals surface area (Å²) in [6, 6.07) is 7.11. The molecular weight excluding hydrogens is 360 g/mol. The number of nitrogen functional groups attached to an aromatic ring is 1. The van der Waals surface area contributed by atoms with Gasteiger partial charge in [-0.05, 0) is 48.8 Å². The maximum Gasteiger partial charge on any atom is 0.270 e. The van der Waals surface area contributed by atoms with Crippen LogP contribution in [0.4, 0.5) is 17.3 Å². The summed E-state index contributed by atoms with van der Waals surface area (Å²) in [5.41, 5.74) is 12.0. The summed E-state index contributed by atoms with van der Waals surface area (Å²) < 4.78 is 0.699. The molecule has 0 aliphatic carbocycles. The van der Waals surface area contributed by atoms with Crippen LogP contribution in [0.15, 0.2) is 35.1 Å². The van der Waals surface area contributed by atoms with Crippen molar-refractivity contribution in [3.05, 3.63) is 40.6 Å². The van der Waals surface area contributed by atoms with E-state index in [1.54, 1.807) is 18.2 Å². The van der Waals surface area contributed by atoms with Crippen LogP contribution in [0.1, 0.15) is 31.1 Å². The summed E-state index contributed by atoms with van der Waals surface area (Å²) in [6.45, 7) is 5.99. The van der Waals surface area contributed by atoms with E-state index in [1.807, 2.05) is 26.8 Å². The van der Waals surface area contributed by atoms with Crippen LogP contribution in [0.3, 0.4) is 0 Å². The first kappa shape index (κ1) is 17.0. The van der Waals surface area contributed by atoms with E-state index < -0.39 is 0 Å². The zero-order valence-electron chi connectivity index (χ0n) is 13.1. The molecule has 0 aliphatic rings. The summed E-state index contributed by atoms with van der Waals surface area (Å²) in [7, 11) is 0. The predicted octanol–water partition coefficient (Wildman–Crippen LogP) is 2.79. The second-order valence-electron chi connectivity index (χ2n) is 5.92. The zero-order chi connectivity index (χ0) is 17.0. The van der Waals surface area contributed by atoms with Crippen molar-refractivity contribution in [1.82, 2.24) is 15.4 Å². The lowest BCUT2D eigenvalue weighted by molar-refractivity contribution is 0.0961. The van der Waals surface area contributed by atoms with E-state index >= 15 is 0 Å². The molecule has 122 valence electrons. The van der Waals surface area contributed by atoms with Crippen molar-refractivity contribution in [2.45, 2.75) is 26.3 Å². The van der Waals surface area contributed by atoms with E-state index in [0.717, 1.165) is 0 Å². The minimum absolute atomic E-state index is 0.197. The molecule has 0 fully saturated rings. The number of nitrogens with zero attached hydrogens (tertiary/aromatic N) is 2. The fraction of sp³-hybridized carbons (Fsp3) is 0.267. The Morgan fingerprint density at radius 2 is 1.83 bits per heavy atom. The molecule has 1 aromatic carbocycles. The first-order valence-corrected chi connectivity index (χ1v) is 7.77. The number of aromatic nitrogens is 2. The number of nitrogens with two attached hydrogens (primary N) is 1. The van der Waals surface area contributed by atoms with E-state index in [9.17, 15) is 4.79 Å². The minimum Gasteiger partial charge on any atom is -0.393 e. The van der Waals surface area contributed by atoms with Crippen LogP contribution in [-0.2, 0) is 0 Å². The molecule has 0 saturated carbocycles. The van der Waals surface area contributed by atoms with Crippen molar-refractivity contribution in [2.24, 2.45) is 0 Å². The molecule has 2 rings (SSSR count). The highest BCUT2D eigenvalue weighted by Gasteiger charge is 2.16. The third kappa shape index (κ3) is 4.56. The molecule has 0 unspecified atom stereocenters. The van der Waals surface area contributed by atoms with Crippen molar-refractivity contribution in [2.75, 3.05) is 16.5 Å². The fourth-order valence-electron chi connectivity index (χ4n) is 1.78. The Balaban J connectivity index is 2.11. The molecular formula is C15H19BrN6O. The number of halogens is 1. The van der Waals surface area contributed by atoms with Crippen LogP contribution in [0.5, 0.6) is 0 Å². The van der Waals surface area contributed by atoms with Crippen LogP contribution in [-0.4, -0.2) is 21.4 Å². The second kappa shape index (κ2) is 6.82. The molecule has 0 atom stereocenters. The number of hydrogen-bond donors (Lipinski definition) is 4. The van der Waals surface area contributed by atoms with Gasteiger partial charge in [0.1, 0.15) is 12.0 Å². The number of nitrogens with one attached hydrogen (secondary N) is 3. The highest BCUT2D eigenvalue weighted by atomic mass is 79.9. The molecule has 0 saturated heterocycles. The minimum atomic E-state index is -0.305. The van der Waals surface area contributed by atoms with Crippen molar-refractivity contribution >= 4 is 39.2 Å². The van der Waals surface area contributed by atoms with Gasteiger partial charge in [0.25, 0.3) is 5.91 Å². The van der Waals surface area contributed by atoms with Crippen LogP contribution >= 0.6 is 15.9 Å². The zero-order valence-corrected chi connectivity index (χ0v) is 14.7. The van der Waals surface area contributed by atoms with Gasteiger partial charge in [-0.1, -0.05) is 12.1 Å². The van der Waals surface area contributed by atoms with Crippen LogP contribution in [0.25, 0.3) is 0 Å². The SMILES string of the molecule is CC(C)(C)Nc1ncnc(NNC(=O)c2ccccc2Br)c1N. The van der Waals surface area contributed by atoms with E-state index in [0.29, 0.717) is 27.4 Å². The average molecular weight is 379 g/mol. The number of hydrazine groups is 1. The molecule has 0 radical (unpaired) electrons. The van der Waals surface area contributed by atoms with E-state index in [1.165, 1.54) is 6.33 Å². The van der Waals surface area contributed by atoms with Crippen LogP contribution in [0, 0.1) is 0 Å². The number of carbonyl (C=O) groups is 1. The quantitative estimate of drug-likeness (QED) is 0.609. The van der Waals surface area contributed by atoms with Crippen molar-refractivity contribution in [3.63, 3.8) is 0 Å². The van der Waals surface area contributed by atoms with E-state index in [2.05, 4.69) is 42.1 Å². The molecule has 5 N–H and O–H groups in total. The lowest BCUT2D eigenvalue weighted by Gasteiger charge is -2.22. The maximum absolute atomic E-state index is 12.2. The molecule has 0 aliphatic heterocycles. The number of amides is 1. The Hall–Kier alpha value is -2.35. The van der Waals surface area contributed by atoms with Gasteiger partial charge in [0, 0.05) is 10.0 Å². The fourth-order valence-corrected chi connectivity index (χ4v) is 2.24. The number of benzene rings is 1. The molecule has 7 nitrogen and oxygen atoms in total. The van der Waals surface area contributed by atoms with Gasteiger partial charge >= 0.3 is 0 Å². The molecule has 1 heterocycles.